The van der Waals surface area contributed by atoms with Crippen molar-refractivity contribution in [3.8, 4) is 17.2 Å². The molecule has 0 saturated heterocycles. The van der Waals surface area contributed by atoms with E-state index in [4.69, 9.17) is 19.5 Å². The molecule has 0 fully saturated rings. The maximum absolute atomic E-state index is 11.5. The Morgan fingerprint density at radius 2 is 2.06 bits per heavy atom. The highest BCUT2D eigenvalue weighted by molar-refractivity contribution is 9.10. The van der Waals surface area contributed by atoms with Gasteiger partial charge in [-0.25, -0.2) is 23.6 Å². The molecule has 0 spiro atoms. The molecule has 11 nitrogen and oxygen atoms in total. The Morgan fingerprint density at radius 1 is 1.20 bits per heavy atom. The van der Waals surface area contributed by atoms with Crippen LogP contribution in [0.2, 0.25) is 0 Å². The van der Waals surface area contributed by atoms with E-state index in [9.17, 15) is 9.46 Å². The molecule has 4 heterocycles. The first kappa shape index (κ1) is 25.0. The average Bonchev–Trinajstić information content (AvgIpc) is 3.31. The summed E-state index contributed by atoms with van der Waals surface area (Å²) >= 11 is 3.34. The maximum Gasteiger partial charge on any atom is 0.475 e. The Kier molecular flexibility index (Phi) is 7.89. The fraction of sp³-hybridized carbons (Fsp3) is 0.182. The summed E-state index contributed by atoms with van der Waals surface area (Å²) < 4.78 is 34.2. The molecule has 0 aliphatic heterocycles. The van der Waals surface area contributed by atoms with Crippen molar-refractivity contribution in [2.24, 2.45) is 0 Å². The van der Waals surface area contributed by atoms with Crippen LogP contribution in [0, 0.1) is 0 Å². The van der Waals surface area contributed by atoms with Crippen molar-refractivity contribution >= 4 is 29.6 Å². The van der Waals surface area contributed by atoms with Gasteiger partial charge in [0.1, 0.15) is 16.8 Å². The summed E-state index contributed by atoms with van der Waals surface area (Å²) in [7, 11) is -3.06. The van der Waals surface area contributed by atoms with E-state index in [0.29, 0.717) is 35.9 Å². The predicted octanol–water partition coefficient (Wildman–Crippen LogP) is 3.65. The zero-order valence-corrected chi connectivity index (χ0v) is 21.1. The normalized spacial score (nSPS) is 12.9. The third-order valence-corrected chi connectivity index (χ3v) is 6.20. The fourth-order valence-electron chi connectivity index (χ4n) is 3.08. The second-order valence-electron chi connectivity index (χ2n) is 7.29. The van der Waals surface area contributed by atoms with Gasteiger partial charge in [0.2, 0.25) is 12.6 Å². The number of pyridine rings is 3. The maximum atomic E-state index is 11.5. The fourth-order valence-corrected chi connectivity index (χ4v) is 3.84. The molecule has 182 valence electrons. The minimum absolute atomic E-state index is 0.273. The van der Waals surface area contributed by atoms with Gasteiger partial charge in [0.15, 0.2) is 5.76 Å². The lowest BCUT2D eigenvalue weighted by atomic mass is 10.1. The Morgan fingerprint density at radius 3 is 2.80 bits per heavy atom. The third kappa shape index (κ3) is 6.71. The molecule has 0 bridgehead atoms. The van der Waals surface area contributed by atoms with Gasteiger partial charge in [-0.1, -0.05) is 17.3 Å². The first-order valence-corrected chi connectivity index (χ1v) is 12.6. The molecule has 0 aromatic carbocycles. The van der Waals surface area contributed by atoms with Gasteiger partial charge in [-0.2, -0.15) is 0 Å². The van der Waals surface area contributed by atoms with Crippen LogP contribution in [-0.2, 0) is 33.4 Å². The number of hydrogen-bond acceptors (Lipinski definition) is 9. The molecule has 0 aliphatic carbocycles. The van der Waals surface area contributed by atoms with E-state index < -0.39 is 7.82 Å². The van der Waals surface area contributed by atoms with Gasteiger partial charge in [0, 0.05) is 31.9 Å². The lowest BCUT2D eigenvalue weighted by molar-refractivity contribution is -0.711. The minimum Gasteiger partial charge on any atom is -0.471 e. The Hall–Kier alpha value is -3.15. The number of nitrogens with zero attached hydrogens (tertiary/aromatic N) is 4. The SMILES string of the molecule is COP(=O)(O)OC[n+]1cccc(-c2cc(Cc3ccc(OCc4cccc(Br)n4)nc3)no2)c1N. The van der Waals surface area contributed by atoms with Crippen LogP contribution in [0.1, 0.15) is 17.0 Å². The number of aromatic nitrogens is 4. The van der Waals surface area contributed by atoms with Crippen LogP contribution in [-0.4, -0.2) is 27.1 Å². The van der Waals surface area contributed by atoms with Gasteiger partial charge < -0.3 is 14.2 Å². The number of phosphoric acid groups is 1. The summed E-state index contributed by atoms with van der Waals surface area (Å²) in [6, 6.07) is 14.5. The number of nitrogens with two attached hydrogens (primary N) is 1. The van der Waals surface area contributed by atoms with Crippen LogP contribution in [0.4, 0.5) is 5.82 Å². The highest BCUT2D eigenvalue weighted by atomic mass is 79.9. The number of hydrogen-bond donors (Lipinski definition) is 2. The molecule has 35 heavy (non-hydrogen) atoms. The van der Waals surface area contributed by atoms with Crippen LogP contribution >= 0.6 is 23.8 Å². The number of nitrogen functional groups attached to an aromatic ring is 1. The largest absolute Gasteiger partial charge is 0.475 e. The molecule has 1 atom stereocenters. The predicted molar refractivity (Wildman–Crippen MR) is 128 cm³/mol. The van der Waals surface area contributed by atoms with E-state index in [0.717, 1.165) is 23.0 Å². The molecule has 4 aromatic heterocycles. The Labute approximate surface area is 209 Å². The van der Waals surface area contributed by atoms with E-state index in [1.165, 1.54) is 4.57 Å². The van der Waals surface area contributed by atoms with E-state index >= 15 is 0 Å². The first-order chi connectivity index (χ1) is 16.8. The number of halogens is 1. The molecule has 0 saturated carbocycles. The highest BCUT2D eigenvalue weighted by Crippen LogP contribution is 2.41. The molecule has 4 rings (SSSR count). The molecule has 1 unspecified atom stereocenters. The topological polar surface area (TPSA) is 147 Å². The van der Waals surface area contributed by atoms with Crippen LogP contribution in [0.3, 0.4) is 0 Å². The molecule has 0 aliphatic rings. The van der Waals surface area contributed by atoms with Crippen molar-refractivity contribution in [3.63, 3.8) is 0 Å². The standard InChI is InChI=1S/C22H21BrN5O6P/c1-31-35(29,30)33-14-28-9-3-5-18(22(28)24)19-11-17(27-34-19)10-15-7-8-21(25-12-15)32-13-16-4-2-6-20(23)26-16/h2-9,11-12,24H,10,13-14H2,1H3,(H,29,30)/p+1. The summed E-state index contributed by atoms with van der Waals surface area (Å²) in [6.07, 6.45) is 3.80. The van der Waals surface area contributed by atoms with Gasteiger partial charge in [0.25, 0.3) is 5.82 Å². The van der Waals surface area contributed by atoms with Crippen molar-refractivity contribution in [3.05, 3.63) is 82.5 Å². The molecular weight excluding hydrogens is 541 g/mol. The quantitative estimate of drug-likeness (QED) is 0.167. The average molecular weight is 563 g/mol. The lowest BCUT2D eigenvalue weighted by Gasteiger charge is -2.09. The Bertz CT molecular complexity index is 1350. The van der Waals surface area contributed by atoms with Crippen LogP contribution < -0.4 is 15.0 Å². The van der Waals surface area contributed by atoms with Crippen LogP contribution in [0.25, 0.3) is 11.3 Å². The lowest BCUT2D eigenvalue weighted by Crippen LogP contribution is -2.38. The molecule has 13 heteroatoms. The number of phosphoric ester groups is 1. The van der Waals surface area contributed by atoms with Crippen molar-refractivity contribution < 1.29 is 32.3 Å². The molecule has 0 radical (unpaired) electrons. The van der Waals surface area contributed by atoms with Crippen molar-refractivity contribution in [2.75, 3.05) is 12.8 Å². The summed E-state index contributed by atoms with van der Waals surface area (Å²) in [5, 5.41) is 4.12. The zero-order chi connectivity index (χ0) is 24.8. The van der Waals surface area contributed by atoms with E-state index in [-0.39, 0.29) is 12.5 Å². The van der Waals surface area contributed by atoms with Crippen LogP contribution in [0.15, 0.2) is 70.1 Å². The number of ether oxygens (including phenoxy) is 1. The number of anilines is 1. The van der Waals surface area contributed by atoms with Gasteiger partial charge in [0.05, 0.1) is 17.6 Å². The zero-order valence-electron chi connectivity index (χ0n) is 18.6. The van der Waals surface area contributed by atoms with Gasteiger partial charge in [-0.05, 0) is 45.8 Å². The minimum atomic E-state index is -4.14. The summed E-state index contributed by atoms with van der Waals surface area (Å²) in [6.45, 7) is 0.0310. The summed E-state index contributed by atoms with van der Waals surface area (Å²) in [5.41, 5.74) is 9.14. The first-order valence-electron chi connectivity index (χ1n) is 10.3. The highest BCUT2D eigenvalue weighted by Gasteiger charge is 2.22. The summed E-state index contributed by atoms with van der Waals surface area (Å²) in [5.74, 6) is 1.20. The molecule has 0 amide bonds. The Balaban J connectivity index is 1.39. The van der Waals surface area contributed by atoms with E-state index in [1.54, 1.807) is 36.7 Å². The second kappa shape index (κ2) is 11.1. The van der Waals surface area contributed by atoms with Crippen molar-refractivity contribution in [1.29, 1.82) is 0 Å². The second-order valence-corrected chi connectivity index (χ2v) is 9.66. The van der Waals surface area contributed by atoms with Gasteiger partial charge in [-0.15, -0.1) is 0 Å². The molecule has 3 N–H and O–H groups in total. The van der Waals surface area contributed by atoms with Crippen molar-refractivity contribution in [2.45, 2.75) is 19.8 Å². The van der Waals surface area contributed by atoms with E-state index in [1.807, 2.05) is 24.3 Å². The molecule has 4 aromatic rings. The van der Waals surface area contributed by atoms with Gasteiger partial charge in [-0.3, -0.25) is 10.3 Å². The van der Waals surface area contributed by atoms with Crippen molar-refractivity contribution in [1.82, 2.24) is 15.1 Å². The van der Waals surface area contributed by atoms with E-state index in [2.05, 4.69) is 35.6 Å². The third-order valence-electron chi connectivity index (χ3n) is 4.85. The van der Waals surface area contributed by atoms with Gasteiger partial charge >= 0.3 is 7.82 Å². The summed E-state index contributed by atoms with van der Waals surface area (Å²) in [4.78, 5) is 18.1. The number of rotatable bonds is 10. The molecular formula is C22H22BrN5O6P+. The van der Waals surface area contributed by atoms with Crippen LogP contribution in [0.5, 0.6) is 5.88 Å². The smallest absolute Gasteiger partial charge is 0.471 e. The monoisotopic (exact) mass is 562 g/mol.